The van der Waals surface area contributed by atoms with Gasteiger partial charge in [0.25, 0.3) is 11.6 Å². The first-order valence-corrected chi connectivity index (χ1v) is 10.9. The molecule has 8 heteroatoms. The van der Waals surface area contributed by atoms with E-state index in [0.717, 1.165) is 16.7 Å². The van der Waals surface area contributed by atoms with Gasteiger partial charge in [-0.1, -0.05) is 72.0 Å². The highest BCUT2D eigenvalue weighted by Crippen LogP contribution is 2.37. The number of nitrogens with zero attached hydrogens (tertiary/aromatic N) is 2. The first-order valence-electron chi connectivity index (χ1n) is 9.72. The molecule has 1 saturated heterocycles. The average Bonchev–Trinajstić information content (AvgIpc) is 3.06. The number of nitro benzene ring substituents is 1. The molecule has 1 amide bonds. The highest BCUT2D eigenvalue weighted by molar-refractivity contribution is 8.27. The van der Waals surface area contributed by atoms with Gasteiger partial charge in [0.1, 0.15) is 12.4 Å². The van der Waals surface area contributed by atoms with Crippen molar-refractivity contribution in [3.63, 3.8) is 0 Å². The topological polar surface area (TPSA) is 72.7 Å². The SMILES string of the molecule is Cc1cccc(COc2ccccc2/C=C2\SC(=S)N(c3ccc([N+](=O)[O-])cc3)C2=O)c1. The van der Waals surface area contributed by atoms with Crippen LogP contribution in [0.2, 0.25) is 0 Å². The number of hydrogen-bond donors (Lipinski definition) is 0. The first-order chi connectivity index (χ1) is 15.4. The molecule has 0 aliphatic carbocycles. The Hall–Kier alpha value is -3.49. The zero-order chi connectivity index (χ0) is 22.7. The monoisotopic (exact) mass is 462 g/mol. The van der Waals surface area contributed by atoms with Crippen molar-refractivity contribution in [3.05, 3.63) is 105 Å². The van der Waals surface area contributed by atoms with Gasteiger partial charge in [0.15, 0.2) is 4.32 Å². The summed E-state index contributed by atoms with van der Waals surface area (Å²) in [4.78, 5) is 25.3. The van der Waals surface area contributed by atoms with Crippen LogP contribution in [0.25, 0.3) is 6.08 Å². The van der Waals surface area contributed by atoms with E-state index in [0.29, 0.717) is 27.3 Å². The van der Waals surface area contributed by atoms with Gasteiger partial charge in [-0.05, 0) is 36.8 Å². The van der Waals surface area contributed by atoms with Crippen LogP contribution in [-0.2, 0) is 11.4 Å². The lowest BCUT2D eigenvalue weighted by molar-refractivity contribution is -0.384. The fourth-order valence-corrected chi connectivity index (χ4v) is 4.54. The highest BCUT2D eigenvalue weighted by Gasteiger charge is 2.33. The molecule has 3 aromatic carbocycles. The Morgan fingerprint density at radius 3 is 2.56 bits per heavy atom. The van der Waals surface area contributed by atoms with Crippen LogP contribution in [-0.4, -0.2) is 15.2 Å². The maximum absolute atomic E-state index is 13.0. The highest BCUT2D eigenvalue weighted by atomic mass is 32.2. The molecule has 160 valence electrons. The maximum Gasteiger partial charge on any atom is 0.270 e. The van der Waals surface area contributed by atoms with Crippen molar-refractivity contribution in [3.8, 4) is 5.75 Å². The summed E-state index contributed by atoms with van der Waals surface area (Å²) in [6, 6.07) is 21.3. The number of rotatable bonds is 6. The number of benzene rings is 3. The summed E-state index contributed by atoms with van der Waals surface area (Å²) in [5.74, 6) is 0.386. The number of thioether (sulfide) groups is 1. The fourth-order valence-electron chi connectivity index (χ4n) is 3.25. The van der Waals surface area contributed by atoms with Crippen molar-refractivity contribution in [1.29, 1.82) is 0 Å². The number of aryl methyl sites for hydroxylation is 1. The molecule has 0 radical (unpaired) electrons. The third-order valence-corrected chi connectivity index (χ3v) is 6.10. The van der Waals surface area contributed by atoms with E-state index >= 15 is 0 Å². The van der Waals surface area contributed by atoms with Gasteiger partial charge in [0.05, 0.1) is 15.5 Å². The lowest BCUT2D eigenvalue weighted by Crippen LogP contribution is -2.27. The standard InChI is InChI=1S/C24H18N2O4S2/c1-16-5-4-6-17(13-16)15-30-21-8-3-2-7-18(21)14-22-23(27)25(24(31)32-22)19-9-11-20(12-10-19)26(28)29/h2-14H,15H2,1H3/b22-14-. The Kier molecular flexibility index (Phi) is 6.34. The number of carbonyl (C=O) groups is 1. The van der Waals surface area contributed by atoms with E-state index in [-0.39, 0.29) is 11.6 Å². The summed E-state index contributed by atoms with van der Waals surface area (Å²) in [5, 5.41) is 10.9. The molecular formula is C24H18N2O4S2. The summed E-state index contributed by atoms with van der Waals surface area (Å²) in [5.41, 5.74) is 3.43. The van der Waals surface area contributed by atoms with Crippen LogP contribution in [0.3, 0.4) is 0 Å². The minimum atomic E-state index is -0.484. The number of amides is 1. The second kappa shape index (κ2) is 9.33. The van der Waals surface area contributed by atoms with Crippen LogP contribution in [0.1, 0.15) is 16.7 Å². The smallest absolute Gasteiger partial charge is 0.270 e. The molecular weight excluding hydrogens is 444 g/mol. The normalized spacial score (nSPS) is 14.8. The van der Waals surface area contributed by atoms with E-state index in [1.54, 1.807) is 6.08 Å². The van der Waals surface area contributed by atoms with Gasteiger partial charge in [-0.3, -0.25) is 19.8 Å². The zero-order valence-electron chi connectivity index (χ0n) is 17.1. The summed E-state index contributed by atoms with van der Waals surface area (Å²) in [7, 11) is 0. The molecule has 0 bridgehead atoms. The van der Waals surface area contributed by atoms with Gasteiger partial charge >= 0.3 is 0 Å². The van der Waals surface area contributed by atoms with Crippen LogP contribution >= 0.6 is 24.0 Å². The lowest BCUT2D eigenvalue weighted by atomic mass is 10.1. The first kappa shape index (κ1) is 21.7. The third kappa shape index (κ3) is 4.71. The lowest BCUT2D eigenvalue weighted by Gasteiger charge is -2.14. The molecule has 0 aromatic heterocycles. The molecule has 1 heterocycles. The van der Waals surface area contributed by atoms with E-state index < -0.39 is 4.92 Å². The quantitative estimate of drug-likeness (QED) is 0.197. The molecule has 0 spiro atoms. The molecule has 4 rings (SSSR count). The number of carbonyl (C=O) groups excluding carboxylic acids is 1. The van der Waals surface area contributed by atoms with Crippen LogP contribution < -0.4 is 9.64 Å². The Morgan fingerprint density at radius 2 is 1.84 bits per heavy atom. The molecule has 3 aromatic rings. The molecule has 6 nitrogen and oxygen atoms in total. The van der Waals surface area contributed by atoms with Crippen molar-refractivity contribution < 1.29 is 14.5 Å². The molecule has 0 N–H and O–H groups in total. The second-order valence-corrected chi connectivity index (χ2v) is 8.78. The van der Waals surface area contributed by atoms with E-state index in [1.165, 1.54) is 40.9 Å². The van der Waals surface area contributed by atoms with Gasteiger partial charge in [-0.15, -0.1) is 0 Å². The van der Waals surface area contributed by atoms with Crippen molar-refractivity contribution in [2.75, 3.05) is 4.90 Å². The molecule has 0 atom stereocenters. The number of thiocarbonyl (C=S) groups is 1. The van der Waals surface area contributed by atoms with Crippen LogP contribution in [0.4, 0.5) is 11.4 Å². The maximum atomic E-state index is 13.0. The van der Waals surface area contributed by atoms with Gasteiger partial charge in [-0.25, -0.2) is 0 Å². The summed E-state index contributed by atoms with van der Waals surface area (Å²) in [6.07, 6.45) is 1.76. The van der Waals surface area contributed by atoms with E-state index in [4.69, 9.17) is 17.0 Å². The summed E-state index contributed by atoms with van der Waals surface area (Å²) < 4.78 is 6.39. The zero-order valence-corrected chi connectivity index (χ0v) is 18.7. The number of para-hydroxylation sites is 1. The Labute approximate surface area is 194 Å². The summed E-state index contributed by atoms with van der Waals surface area (Å²) in [6.45, 7) is 2.45. The summed E-state index contributed by atoms with van der Waals surface area (Å²) >= 11 is 6.59. The molecule has 1 aliphatic heterocycles. The third-order valence-electron chi connectivity index (χ3n) is 4.79. The predicted molar refractivity (Wildman–Crippen MR) is 131 cm³/mol. The van der Waals surface area contributed by atoms with Crippen molar-refractivity contribution in [1.82, 2.24) is 0 Å². The number of hydrogen-bond acceptors (Lipinski definition) is 6. The second-order valence-electron chi connectivity index (χ2n) is 7.11. The van der Waals surface area contributed by atoms with Crippen LogP contribution in [0, 0.1) is 17.0 Å². The van der Waals surface area contributed by atoms with Crippen molar-refractivity contribution in [2.45, 2.75) is 13.5 Å². The Morgan fingerprint density at radius 1 is 1.09 bits per heavy atom. The minimum absolute atomic E-state index is 0.0468. The fraction of sp³-hybridized carbons (Fsp3) is 0.0833. The Bertz CT molecular complexity index is 1240. The molecule has 0 saturated carbocycles. The van der Waals surface area contributed by atoms with Crippen molar-refractivity contribution in [2.24, 2.45) is 0 Å². The van der Waals surface area contributed by atoms with Crippen LogP contribution in [0.5, 0.6) is 5.75 Å². The van der Waals surface area contributed by atoms with Gasteiger partial charge in [0, 0.05) is 17.7 Å². The van der Waals surface area contributed by atoms with Gasteiger partial charge < -0.3 is 4.74 Å². The number of nitro groups is 1. The number of non-ortho nitro benzene ring substituents is 1. The largest absolute Gasteiger partial charge is 0.488 e. The molecule has 1 aliphatic rings. The Balaban J connectivity index is 1.56. The number of ether oxygens (including phenoxy) is 1. The van der Waals surface area contributed by atoms with Crippen molar-refractivity contribution >= 4 is 51.7 Å². The number of anilines is 1. The minimum Gasteiger partial charge on any atom is -0.488 e. The van der Waals surface area contributed by atoms with Crippen LogP contribution in [0.15, 0.2) is 77.7 Å². The van der Waals surface area contributed by atoms with E-state index in [9.17, 15) is 14.9 Å². The van der Waals surface area contributed by atoms with E-state index in [2.05, 4.69) is 6.07 Å². The van der Waals surface area contributed by atoms with Gasteiger partial charge in [0.2, 0.25) is 0 Å². The predicted octanol–water partition coefficient (Wildman–Crippen LogP) is 5.89. The van der Waals surface area contributed by atoms with E-state index in [1.807, 2.05) is 49.4 Å². The van der Waals surface area contributed by atoms with Gasteiger partial charge in [-0.2, -0.15) is 0 Å². The molecule has 32 heavy (non-hydrogen) atoms. The average molecular weight is 463 g/mol. The molecule has 1 fully saturated rings. The molecule has 0 unspecified atom stereocenters.